The Hall–Kier alpha value is -1.35. The maximum absolute atomic E-state index is 12.9. The molecule has 1 fully saturated rings. The van der Waals surface area contributed by atoms with Gasteiger partial charge in [-0.2, -0.15) is 0 Å². The molecular weight excluding hydrogens is 260 g/mol. The first-order valence-electron chi connectivity index (χ1n) is 8.30. The molecule has 0 radical (unpaired) electrons. The smallest absolute Gasteiger partial charge is 0.230 e. The molecular formula is C18H28N2O. The quantitative estimate of drug-likeness (QED) is 0.872. The Morgan fingerprint density at radius 2 is 1.90 bits per heavy atom. The van der Waals surface area contributed by atoms with E-state index in [9.17, 15) is 4.79 Å². The van der Waals surface area contributed by atoms with Crippen LogP contribution in [0, 0.1) is 5.92 Å². The number of nitrogens with zero attached hydrogens (tertiary/aromatic N) is 1. The summed E-state index contributed by atoms with van der Waals surface area (Å²) in [6, 6.07) is 10.2. The van der Waals surface area contributed by atoms with Crippen molar-refractivity contribution in [2.24, 2.45) is 5.92 Å². The minimum atomic E-state index is 0.00728. The zero-order valence-corrected chi connectivity index (χ0v) is 13.3. The van der Waals surface area contributed by atoms with E-state index in [2.05, 4.69) is 36.2 Å². The van der Waals surface area contributed by atoms with Crippen molar-refractivity contribution in [3.63, 3.8) is 0 Å². The molecule has 116 valence electrons. The van der Waals surface area contributed by atoms with Gasteiger partial charge in [-0.1, -0.05) is 37.3 Å². The van der Waals surface area contributed by atoms with E-state index in [4.69, 9.17) is 0 Å². The van der Waals surface area contributed by atoms with Gasteiger partial charge in [0.1, 0.15) is 0 Å². The van der Waals surface area contributed by atoms with Crippen LogP contribution in [-0.4, -0.2) is 37.0 Å². The van der Waals surface area contributed by atoms with Crippen LogP contribution in [0.2, 0.25) is 0 Å². The molecule has 1 aromatic rings. The molecule has 0 aromatic heterocycles. The lowest BCUT2D eigenvalue weighted by atomic mass is 9.93. The van der Waals surface area contributed by atoms with Gasteiger partial charge in [0.2, 0.25) is 5.91 Å². The topological polar surface area (TPSA) is 32.3 Å². The second-order valence-electron chi connectivity index (χ2n) is 5.94. The van der Waals surface area contributed by atoms with Crippen molar-refractivity contribution >= 4 is 5.91 Å². The highest BCUT2D eigenvalue weighted by Crippen LogP contribution is 2.23. The van der Waals surface area contributed by atoms with Crippen LogP contribution in [0.3, 0.4) is 0 Å². The molecule has 3 heteroatoms. The van der Waals surface area contributed by atoms with Crippen LogP contribution in [0.25, 0.3) is 0 Å². The minimum Gasteiger partial charge on any atom is -0.342 e. The van der Waals surface area contributed by atoms with Gasteiger partial charge >= 0.3 is 0 Å². The van der Waals surface area contributed by atoms with Crippen molar-refractivity contribution in [1.29, 1.82) is 0 Å². The maximum atomic E-state index is 12.9. The Morgan fingerprint density at radius 1 is 1.24 bits per heavy atom. The van der Waals surface area contributed by atoms with Crippen molar-refractivity contribution in [2.75, 3.05) is 26.2 Å². The summed E-state index contributed by atoms with van der Waals surface area (Å²) in [5.74, 6) is 0.959. The molecule has 3 nitrogen and oxygen atoms in total. The second kappa shape index (κ2) is 8.18. The summed E-state index contributed by atoms with van der Waals surface area (Å²) in [7, 11) is 0. The van der Waals surface area contributed by atoms with Crippen LogP contribution < -0.4 is 5.32 Å². The summed E-state index contributed by atoms with van der Waals surface area (Å²) >= 11 is 0. The molecule has 1 saturated heterocycles. The van der Waals surface area contributed by atoms with Crippen LogP contribution in [0.4, 0.5) is 0 Å². The number of carbonyl (C=O) groups excluding carboxylic acids is 1. The van der Waals surface area contributed by atoms with Crippen LogP contribution >= 0.6 is 0 Å². The average molecular weight is 288 g/mol. The van der Waals surface area contributed by atoms with Gasteiger partial charge in [0, 0.05) is 13.1 Å². The van der Waals surface area contributed by atoms with Gasteiger partial charge in [-0.3, -0.25) is 4.79 Å². The summed E-state index contributed by atoms with van der Waals surface area (Å²) in [6.07, 6.45) is 3.24. The number of rotatable bonds is 6. The number of likely N-dealkylation sites (N-methyl/N-ethyl adjacent to an activating group) is 1. The molecule has 0 bridgehead atoms. The first-order valence-corrected chi connectivity index (χ1v) is 8.30. The molecule has 1 aliphatic heterocycles. The lowest BCUT2D eigenvalue weighted by molar-refractivity contribution is -0.133. The molecule has 0 aliphatic carbocycles. The number of nitrogens with one attached hydrogen (secondary N) is 1. The minimum absolute atomic E-state index is 0.00728. The Balaban J connectivity index is 2.03. The van der Waals surface area contributed by atoms with Crippen LogP contribution in [0.1, 0.15) is 44.6 Å². The van der Waals surface area contributed by atoms with Crippen molar-refractivity contribution in [2.45, 2.75) is 39.0 Å². The molecule has 1 unspecified atom stereocenters. The Bertz CT molecular complexity index is 426. The highest BCUT2D eigenvalue weighted by atomic mass is 16.2. The molecule has 1 aliphatic rings. The fourth-order valence-electron chi connectivity index (χ4n) is 3.21. The third-order valence-corrected chi connectivity index (χ3v) is 4.54. The summed E-state index contributed by atoms with van der Waals surface area (Å²) < 4.78 is 0. The zero-order chi connectivity index (χ0) is 15.1. The molecule has 1 heterocycles. The molecule has 21 heavy (non-hydrogen) atoms. The standard InChI is InChI=1S/C18H28N2O/c1-3-17(16-8-6-5-7-9-16)18(21)20(4-2)14-15-10-12-19-13-11-15/h5-9,15,17,19H,3-4,10-14H2,1-2H3. The van der Waals surface area contributed by atoms with Gasteiger partial charge in [-0.15, -0.1) is 0 Å². The van der Waals surface area contributed by atoms with E-state index in [1.807, 2.05) is 18.2 Å². The average Bonchev–Trinajstić information content (AvgIpc) is 2.55. The number of carbonyl (C=O) groups is 1. The van der Waals surface area contributed by atoms with Crippen molar-refractivity contribution in [1.82, 2.24) is 10.2 Å². The van der Waals surface area contributed by atoms with E-state index >= 15 is 0 Å². The number of piperidine rings is 1. The highest BCUT2D eigenvalue weighted by Gasteiger charge is 2.26. The van der Waals surface area contributed by atoms with Gasteiger partial charge < -0.3 is 10.2 Å². The molecule has 1 N–H and O–H groups in total. The van der Waals surface area contributed by atoms with Crippen molar-refractivity contribution < 1.29 is 4.79 Å². The maximum Gasteiger partial charge on any atom is 0.230 e. The van der Waals surface area contributed by atoms with E-state index in [0.29, 0.717) is 11.8 Å². The second-order valence-corrected chi connectivity index (χ2v) is 5.94. The number of amides is 1. The van der Waals surface area contributed by atoms with Crippen LogP contribution in [0.5, 0.6) is 0 Å². The van der Waals surface area contributed by atoms with E-state index in [1.165, 1.54) is 12.8 Å². The summed E-state index contributed by atoms with van der Waals surface area (Å²) in [5.41, 5.74) is 1.15. The van der Waals surface area contributed by atoms with Crippen molar-refractivity contribution in [3.8, 4) is 0 Å². The lowest BCUT2D eigenvalue weighted by Gasteiger charge is -2.31. The summed E-state index contributed by atoms with van der Waals surface area (Å²) in [4.78, 5) is 15.0. The van der Waals surface area contributed by atoms with Crippen LogP contribution in [-0.2, 0) is 4.79 Å². The number of benzene rings is 1. The predicted molar refractivity (Wildman–Crippen MR) is 87.3 cm³/mol. The summed E-state index contributed by atoms with van der Waals surface area (Å²) in [6.45, 7) is 8.11. The van der Waals surface area contributed by atoms with Gasteiger partial charge in [0.25, 0.3) is 0 Å². The monoisotopic (exact) mass is 288 g/mol. The predicted octanol–water partition coefficient (Wildman–Crippen LogP) is 3.03. The van der Waals surface area contributed by atoms with E-state index in [0.717, 1.165) is 38.2 Å². The highest BCUT2D eigenvalue weighted by molar-refractivity contribution is 5.83. The zero-order valence-electron chi connectivity index (χ0n) is 13.3. The molecule has 0 spiro atoms. The van der Waals surface area contributed by atoms with Gasteiger partial charge in [-0.05, 0) is 50.8 Å². The van der Waals surface area contributed by atoms with Crippen LogP contribution in [0.15, 0.2) is 30.3 Å². The van der Waals surface area contributed by atoms with Gasteiger partial charge in [-0.25, -0.2) is 0 Å². The normalized spacial score (nSPS) is 17.4. The lowest BCUT2D eigenvalue weighted by Crippen LogP contribution is -2.41. The van der Waals surface area contributed by atoms with Gasteiger partial charge in [0.05, 0.1) is 5.92 Å². The molecule has 0 saturated carbocycles. The summed E-state index contributed by atoms with van der Waals surface area (Å²) in [5, 5.41) is 3.39. The molecule has 1 amide bonds. The molecule has 1 atom stereocenters. The van der Waals surface area contributed by atoms with Crippen molar-refractivity contribution in [3.05, 3.63) is 35.9 Å². The van der Waals surface area contributed by atoms with E-state index in [1.54, 1.807) is 0 Å². The van der Waals surface area contributed by atoms with E-state index < -0.39 is 0 Å². The fraction of sp³-hybridized carbons (Fsp3) is 0.611. The Morgan fingerprint density at radius 3 is 2.48 bits per heavy atom. The first-order chi connectivity index (χ1) is 10.3. The molecule has 2 rings (SSSR count). The third-order valence-electron chi connectivity index (χ3n) is 4.54. The van der Waals surface area contributed by atoms with E-state index in [-0.39, 0.29) is 5.92 Å². The fourth-order valence-corrected chi connectivity index (χ4v) is 3.21. The Labute approximate surface area is 128 Å². The SMILES string of the molecule is CCC(C(=O)N(CC)CC1CCNCC1)c1ccccc1. The van der Waals surface area contributed by atoms with Gasteiger partial charge in [0.15, 0.2) is 0 Å². The molecule has 1 aromatic carbocycles. The number of hydrogen-bond acceptors (Lipinski definition) is 2. The third kappa shape index (κ3) is 4.31. The largest absolute Gasteiger partial charge is 0.342 e. The number of hydrogen-bond donors (Lipinski definition) is 1. The first kappa shape index (κ1) is 16.0. The Kier molecular flexibility index (Phi) is 6.24.